The molecule has 2 aromatic heterocycles. The third-order valence-electron chi connectivity index (χ3n) is 9.15. The van der Waals surface area contributed by atoms with E-state index in [2.05, 4.69) is 20.8 Å². The molecule has 10 nitrogen and oxygen atoms in total. The molecule has 0 spiro atoms. The Morgan fingerprint density at radius 3 is 2.51 bits per heavy atom. The smallest absolute Gasteiger partial charge is 0.332 e. The van der Waals surface area contributed by atoms with E-state index >= 15 is 0 Å². The van der Waals surface area contributed by atoms with E-state index in [0.717, 1.165) is 40.8 Å². The Morgan fingerprint density at radius 1 is 1.14 bits per heavy atom. The van der Waals surface area contributed by atoms with Gasteiger partial charge in [0.15, 0.2) is 0 Å². The summed E-state index contributed by atoms with van der Waals surface area (Å²) < 4.78 is 21.9. The second-order valence-corrected chi connectivity index (χ2v) is 14.3. The molecule has 3 aliphatic rings. The highest BCUT2D eigenvalue weighted by Gasteiger charge is 2.50. The van der Waals surface area contributed by atoms with Gasteiger partial charge in [0.05, 0.1) is 40.9 Å². The van der Waals surface area contributed by atoms with E-state index in [1.165, 1.54) is 15.9 Å². The van der Waals surface area contributed by atoms with Gasteiger partial charge in [-0.15, -0.1) is 11.3 Å². The van der Waals surface area contributed by atoms with Crippen LogP contribution < -0.4 is 16.0 Å². The number of aryl methyl sites for hydroxylation is 1. The first-order valence-electron chi connectivity index (χ1n) is 15.0. The van der Waals surface area contributed by atoms with Crippen molar-refractivity contribution in [1.29, 1.82) is 0 Å². The third kappa shape index (κ3) is 5.96. The highest BCUT2D eigenvalue weighted by Crippen LogP contribution is 2.46. The zero-order valence-electron chi connectivity index (χ0n) is 25.0. The van der Waals surface area contributed by atoms with Crippen molar-refractivity contribution in [2.75, 3.05) is 53.6 Å². The van der Waals surface area contributed by atoms with Gasteiger partial charge >= 0.3 is 5.69 Å². The van der Waals surface area contributed by atoms with Crippen molar-refractivity contribution >= 4 is 43.4 Å². The van der Waals surface area contributed by atoms with Crippen LogP contribution in [0, 0.1) is 6.92 Å². The number of amides is 1. The maximum atomic E-state index is 14.5. The van der Waals surface area contributed by atoms with Crippen molar-refractivity contribution in [3.63, 3.8) is 0 Å². The van der Waals surface area contributed by atoms with Crippen molar-refractivity contribution < 1.29 is 19.0 Å². The molecule has 232 valence electrons. The monoisotopic (exact) mass is 674 g/mol. The lowest BCUT2D eigenvalue weighted by molar-refractivity contribution is -0.134. The van der Waals surface area contributed by atoms with Gasteiger partial charge in [0, 0.05) is 45.0 Å². The Hall–Kier alpha value is -2.51. The molecule has 4 heterocycles. The molecule has 1 unspecified atom stereocenters. The number of piperazine rings is 1. The number of ether oxygens (including phenoxy) is 3. The van der Waals surface area contributed by atoms with Crippen LogP contribution in [0.2, 0.25) is 0 Å². The quantitative estimate of drug-likeness (QED) is 0.340. The fraction of sp³-hybridized carbons (Fsp3) is 0.581. The Morgan fingerprint density at radius 2 is 1.84 bits per heavy atom. The number of carbonyl (C=O) groups is 1. The number of nitrogens with zero attached hydrogens (tertiary/aromatic N) is 4. The van der Waals surface area contributed by atoms with Crippen molar-refractivity contribution in [3.05, 3.63) is 60.0 Å². The topological polar surface area (TPSA) is 95.2 Å². The standard InChI is InChI=1S/C31H39BrN4O6S/c1-20-26-28(38)36(31(10-11-31)18-25(37)34-14-12-33(2)13-15-34)30(39)35(29(26)43-27(20)32)19-24(42-21-8-16-41-17-9-21)22-6-4-5-7-23(22)40-3/h4-7,21,24H,8-19H2,1-3H3. The molecule has 3 aromatic rings. The van der Waals surface area contributed by atoms with E-state index in [4.69, 9.17) is 14.2 Å². The molecule has 1 aliphatic carbocycles. The average Bonchev–Trinajstić information content (AvgIpc) is 3.71. The molecule has 0 bridgehead atoms. The highest BCUT2D eigenvalue weighted by atomic mass is 79.9. The number of aromatic nitrogens is 2. The summed E-state index contributed by atoms with van der Waals surface area (Å²) in [5, 5.41) is 0.514. The van der Waals surface area contributed by atoms with E-state index in [9.17, 15) is 14.4 Å². The fourth-order valence-electron chi connectivity index (χ4n) is 6.33. The lowest BCUT2D eigenvalue weighted by atomic mass is 10.1. The first-order valence-corrected chi connectivity index (χ1v) is 16.6. The Balaban J connectivity index is 1.43. The number of benzene rings is 1. The molecule has 6 rings (SSSR count). The molecule has 3 fully saturated rings. The van der Waals surface area contributed by atoms with E-state index in [1.807, 2.05) is 43.1 Å². The Bertz CT molecular complexity index is 1610. The maximum absolute atomic E-state index is 14.5. The highest BCUT2D eigenvalue weighted by molar-refractivity contribution is 9.11. The first-order chi connectivity index (χ1) is 20.7. The normalized spacial score (nSPS) is 20.0. The van der Waals surface area contributed by atoms with Gasteiger partial charge < -0.3 is 24.0 Å². The number of carbonyl (C=O) groups excluding carboxylic acids is 1. The summed E-state index contributed by atoms with van der Waals surface area (Å²) in [5.41, 5.74) is 0.109. The molecule has 0 N–H and O–H groups in total. The van der Waals surface area contributed by atoms with Gasteiger partial charge in [-0.05, 0) is 67.2 Å². The minimum atomic E-state index is -0.813. The van der Waals surface area contributed by atoms with Gasteiger partial charge in [-0.2, -0.15) is 0 Å². The Kier molecular flexibility index (Phi) is 8.85. The minimum absolute atomic E-state index is 0.00140. The zero-order valence-corrected chi connectivity index (χ0v) is 27.4. The number of likely N-dealkylation sites (N-methyl/N-ethyl adjacent to an activating group) is 1. The number of hydrogen-bond donors (Lipinski definition) is 0. The number of hydrogen-bond acceptors (Lipinski definition) is 8. The summed E-state index contributed by atoms with van der Waals surface area (Å²) >= 11 is 5.01. The van der Waals surface area contributed by atoms with Crippen molar-refractivity contribution in [2.45, 2.75) is 63.3 Å². The van der Waals surface area contributed by atoms with Crippen LogP contribution in [-0.4, -0.2) is 84.5 Å². The van der Waals surface area contributed by atoms with Crippen molar-refractivity contribution in [2.24, 2.45) is 0 Å². The predicted octanol–water partition coefficient (Wildman–Crippen LogP) is 3.89. The van der Waals surface area contributed by atoms with Gasteiger partial charge in [0.25, 0.3) is 5.56 Å². The van der Waals surface area contributed by atoms with Crippen LogP contribution in [0.3, 0.4) is 0 Å². The average molecular weight is 676 g/mol. The van der Waals surface area contributed by atoms with Crippen LogP contribution in [0.5, 0.6) is 5.75 Å². The van der Waals surface area contributed by atoms with Crippen LogP contribution in [0.15, 0.2) is 37.6 Å². The van der Waals surface area contributed by atoms with Crippen LogP contribution in [0.1, 0.15) is 49.3 Å². The second-order valence-electron chi connectivity index (χ2n) is 12.0. The molecule has 2 aliphatic heterocycles. The van der Waals surface area contributed by atoms with Crippen LogP contribution in [0.25, 0.3) is 10.2 Å². The van der Waals surface area contributed by atoms with E-state index in [0.29, 0.717) is 55.1 Å². The summed E-state index contributed by atoms with van der Waals surface area (Å²) in [5.74, 6) is 0.679. The van der Waals surface area contributed by atoms with Gasteiger partial charge in [0.2, 0.25) is 5.91 Å². The van der Waals surface area contributed by atoms with Gasteiger partial charge in [-0.25, -0.2) is 4.79 Å². The molecular weight excluding hydrogens is 636 g/mol. The third-order valence-corrected chi connectivity index (χ3v) is 11.3. The van der Waals surface area contributed by atoms with E-state index in [-0.39, 0.29) is 30.5 Å². The second kappa shape index (κ2) is 12.5. The molecule has 12 heteroatoms. The summed E-state index contributed by atoms with van der Waals surface area (Å²) in [4.78, 5) is 46.8. The fourth-order valence-corrected chi connectivity index (χ4v) is 8.02. The number of fused-ring (bicyclic) bond motifs is 1. The maximum Gasteiger partial charge on any atom is 0.332 e. The number of halogens is 1. The summed E-state index contributed by atoms with van der Waals surface area (Å²) in [7, 11) is 3.68. The molecule has 43 heavy (non-hydrogen) atoms. The molecule has 2 saturated heterocycles. The van der Waals surface area contributed by atoms with Crippen LogP contribution in [-0.2, 0) is 26.4 Å². The largest absolute Gasteiger partial charge is 0.496 e. The SMILES string of the molecule is COc1ccccc1C(Cn1c(=O)n(C2(CC(=O)N3CCN(C)CC3)CC2)c(=O)c2c(C)c(Br)sc21)OC1CCOCC1. The summed E-state index contributed by atoms with van der Waals surface area (Å²) in [6.07, 6.45) is 2.37. The first kappa shape index (κ1) is 30.5. The Labute approximate surface area is 263 Å². The van der Waals surface area contributed by atoms with Crippen LogP contribution in [0.4, 0.5) is 0 Å². The van der Waals surface area contributed by atoms with E-state index < -0.39 is 17.3 Å². The molecule has 1 aromatic carbocycles. The van der Waals surface area contributed by atoms with E-state index in [1.54, 1.807) is 11.7 Å². The lowest BCUT2D eigenvalue weighted by Crippen LogP contribution is -2.50. The predicted molar refractivity (Wildman–Crippen MR) is 169 cm³/mol. The van der Waals surface area contributed by atoms with Crippen molar-refractivity contribution in [3.8, 4) is 5.75 Å². The number of rotatable bonds is 9. The minimum Gasteiger partial charge on any atom is -0.496 e. The van der Waals surface area contributed by atoms with Crippen molar-refractivity contribution in [1.82, 2.24) is 18.9 Å². The molecular formula is C31H39BrN4O6S. The van der Waals surface area contributed by atoms with Gasteiger partial charge in [0.1, 0.15) is 16.7 Å². The number of para-hydroxylation sites is 1. The lowest BCUT2D eigenvalue weighted by Gasteiger charge is -2.33. The van der Waals surface area contributed by atoms with Gasteiger partial charge in [-0.1, -0.05) is 18.2 Å². The molecule has 0 radical (unpaired) electrons. The number of methoxy groups -OCH3 is 1. The van der Waals surface area contributed by atoms with Gasteiger partial charge in [-0.3, -0.25) is 18.7 Å². The number of thiophene rings is 1. The molecule has 1 saturated carbocycles. The molecule has 1 amide bonds. The van der Waals surface area contributed by atoms with Crippen LogP contribution >= 0.6 is 27.3 Å². The molecule has 1 atom stereocenters. The summed E-state index contributed by atoms with van der Waals surface area (Å²) in [6.45, 7) is 6.29. The summed E-state index contributed by atoms with van der Waals surface area (Å²) in [6, 6.07) is 7.71. The zero-order chi connectivity index (χ0) is 30.3.